The van der Waals surface area contributed by atoms with Gasteiger partial charge in [0.05, 0.1) is 13.0 Å². The number of ether oxygens (including phenoxy) is 1. The first kappa shape index (κ1) is 15.5. The van der Waals surface area contributed by atoms with Gasteiger partial charge in [0.15, 0.2) is 0 Å². The minimum absolute atomic E-state index is 0.182. The third-order valence-electron chi connectivity index (χ3n) is 3.51. The number of carbonyl (C=O) groups is 1. The van der Waals surface area contributed by atoms with E-state index < -0.39 is 11.9 Å². The summed E-state index contributed by atoms with van der Waals surface area (Å²) in [6.45, 7) is 3.96. The van der Waals surface area contributed by atoms with Crippen LogP contribution in [-0.4, -0.2) is 25.2 Å². The summed E-state index contributed by atoms with van der Waals surface area (Å²) < 4.78 is 5.30. The normalized spacial score (nSPS) is 13.9. The van der Waals surface area contributed by atoms with Crippen LogP contribution in [0.4, 0.5) is 0 Å². The van der Waals surface area contributed by atoms with Crippen molar-refractivity contribution in [1.82, 2.24) is 5.32 Å². The Hall–Kier alpha value is -1.55. The van der Waals surface area contributed by atoms with Crippen LogP contribution in [0.15, 0.2) is 18.2 Å². The van der Waals surface area contributed by atoms with E-state index in [4.69, 9.17) is 4.74 Å². The highest BCUT2D eigenvalue weighted by molar-refractivity contribution is 5.71. The van der Waals surface area contributed by atoms with Gasteiger partial charge in [-0.25, -0.2) is 0 Å². The highest BCUT2D eigenvalue weighted by Gasteiger charge is 2.27. The second-order valence-electron chi connectivity index (χ2n) is 4.54. The monoisotopic (exact) mass is 265 g/mol. The van der Waals surface area contributed by atoms with Crippen LogP contribution in [0.3, 0.4) is 0 Å². The van der Waals surface area contributed by atoms with Gasteiger partial charge in [-0.3, -0.25) is 4.79 Å². The lowest BCUT2D eigenvalue weighted by atomic mass is 9.89. The third kappa shape index (κ3) is 3.47. The van der Waals surface area contributed by atoms with E-state index in [1.165, 1.54) is 0 Å². The number of carboxylic acids is 1. The van der Waals surface area contributed by atoms with E-state index in [0.29, 0.717) is 6.42 Å². The molecule has 0 aliphatic heterocycles. The van der Waals surface area contributed by atoms with Gasteiger partial charge in [-0.15, -0.1) is 0 Å². The van der Waals surface area contributed by atoms with Crippen molar-refractivity contribution in [1.29, 1.82) is 0 Å². The topological polar surface area (TPSA) is 58.6 Å². The molecule has 0 bridgehead atoms. The van der Waals surface area contributed by atoms with Crippen LogP contribution < -0.4 is 10.1 Å². The van der Waals surface area contributed by atoms with Crippen LogP contribution in [0, 0.1) is 5.92 Å². The first-order valence-electron chi connectivity index (χ1n) is 6.65. The summed E-state index contributed by atoms with van der Waals surface area (Å²) in [6, 6.07) is 5.70. The van der Waals surface area contributed by atoms with Crippen molar-refractivity contribution in [3.63, 3.8) is 0 Å². The zero-order valence-corrected chi connectivity index (χ0v) is 12.1. The van der Waals surface area contributed by atoms with E-state index in [2.05, 4.69) is 12.2 Å². The molecule has 4 nitrogen and oxygen atoms in total. The quantitative estimate of drug-likeness (QED) is 0.795. The summed E-state index contributed by atoms with van der Waals surface area (Å²) in [5.74, 6) is -0.344. The van der Waals surface area contributed by atoms with Gasteiger partial charge < -0.3 is 15.2 Å². The summed E-state index contributed by atoms with van der Waals surface area (Å²) in [5.41, 5.74) is 2.09. The summed E-state index contributed by atoms with van der Waals surface area (Å²) in [7, 11) is 3.45. The first-order chi connectivity index (χ1) is 9.08. The molecule has 0 radical (unpaired) electrons. The Bertz CT molecular complexity index is 431. The molecule has 0 aromatic heterocycles. The van der Waals surface area contributed by atoms with Gasteiger partial charge in [0.25, 0.3) is 0 Å². The molecule has 106 valence electrons. The Balaban J connectivity index is 3.14. The number of aliphatic carboxylic acids is 1. The number of benzene rings is 1. The van der Waals surface area contributed by atoms with Crippen molar-refractivity contribution in [2.24, 2.45) is 5.92 Å². The highest BCUT2D eigenvalue weighted by Crippen LogP contribution is 2.29. The zero-order chi connectivity index (χ0) is 14.4. The fourth-order valence-electron chi connectivity index (χ4n) is 2.42. The van der Waals surface area contributed by atoms with Gasteiger partial charge in [-0.05, 0) is 37.1 Å². The van der Waals surface area contributed by atoms with E-state index in [0.717, 1.165) is 23.3 Å². The van der Waals surface area contributed by atoms with Crippen molar-refractivity contribution >= 4 is 5.97 Å². The molecule has 2 atom stereocenters. The van der Waals surface area contributed by atoms with E-state index in [9.17, 15) is 9.90 Å². The molecule has 0 saturated heterocycles. The van der Waals surface area contributed by atoms with Crippen molar-refractivity contribution in [2.75, 3.05) is 14.2 Å². The second kappa shape index (κ2) is 7.14. The molecular formula is C15H23NO3. The van der Waals surface area contributed by atoms with E-state index >= 15 is 0 Å². The molecule has 0 aliphatic carbocycles. The Morgan fingerprint density at radius 3 is 2.53 bits per heavy atom. The summed E-state index contributed by atoms with van der Waals surface area (Å²) in [4.78, 5) is 11.3. The molecule has 1 aromatic rings. The third-order valence-corrected chi connectivity index (χ3v) is 3.51. The zero-order valence-electron chi connectivity index (χ0n) is 12.1. The number of nitrogens with one attached hydrogen (secondary N) is 1. The summed E-state index contributed by atoms with van der Waals surface area (Å²) in [5, 5.41) is 12.4. The Labute approximate surface area is 114 Å². The molecular weight excluding hydrogens is 242 g/mol. The average Bonchev–Trinajstić information content (AvgIpc) is 2.43. The van der Waals surface area contributed by atoms with Gasteiger partial charge in [0.2, 0.25) is 0 Å². The number of hydrogen-bond acceptors (Lipinski definition) is 3. The van der Waals surface area contributed by atoms with Crippen LogP contribution in [0.1, 0.15) is 37.4 Å². The number of rotatable bonds is 7. The maximum absolute atomic E-state index is 11.3. The Morgan fingerprint density at radius 1 is 1.42 bits per heavy atom. The van der Waals surface area contributed by atoms with Gasteiger partial charge in [-0.1, -0.05) is 26.0 Å². The van der Waals surface area contributed by atoms with Gasteiger partial charge >= 0.3 is 5.97 Å². The van der Waals surface area contributed by atoms with Crippen molar-refractivity contribution < 1.29 is 14.6 Å². The van der Waals surface area contributed by atoms with Gasteiger partial charge in [-0.2, -0.15) is 0 Å². The SMILES string of the molecule is CCc1cc(C(NC)C(CC)C(=O)O)ccc1OC. The number of hydrogen-bond donors (Lipinski definition) is 2. The van der Waals surface area contributed by atoms with Crippen LogP contribution in [0.2, 0.25) is 0 Å². The van der Waals surface area contributed by atoms with Crippen LogP contribution >= 0.6 is 0 Å². The molecule has 0 spiro atoms. The van der Waals surface area contributed by atoms with Crippen LogP contribution in [0.25, 0.3) is 0 Å². The molecule has 1 aromatic carbocycles. The van der Waals surface area contributed by atoms with Crippen molar-refractivity contribution in [3.8, 4) is 5.75 Å². The highest BCUT2D eigenvalue weighted by atomic mass is 16.5. The van der Waals surface area contributed by atoms with E-state index in [1.807, 2.05) is 25.1 Å². The standard InChI is InChI=1S/C15H23NO3/c1-5-10-9-11(7-8-13(10)19-4)14(16-3)12(6-2)15(17)18/h7-9,12,14,16H,5-6H2,1-4H3,(H,17,18). The molecule has 0 fully saturated rings. The largest absolute Gasteiger partial charge is 0.496 e. The average molecular weight is 265 g/mol. The minimum atomic E-state index is -0.768. The smallest absolute Gasteiger partial charge is 0.308 e. The van der Waals surface area contributed by atoms with E-state index in [-0.39, 0.29) is 6.04 Å². The van der Waals surface area contributed by atoms with E-state index in [1.54, 1.807) is 14.2 Å². The lowest BCUT2D eigenvalue weighted by Crippen LogP contribution is -2.30. The number of methoxy groups -OCH3 is 1. The first-order valence-corrected chi connectivity index (χ1v) is 6.65. The lowest BCUT2D eigenvalue weighted by Gasteiger charge is -2.24. The van der Waals surface area contributed by atoms with Gasteiger partial charge in [0, 0.05) is 6.04 Å². The second-order valence-corrected chi connectivity index (χ2v) is 4.54. The molecule has 0 amide bonds. The Morgan fingerprint density at radius 2 is 2.11 bits per heavy atom. The molecule has 0 heterocycles. The van der Waals surface area contributed by atoms with Crippen LogP contribution in [0.5, 0.6) is 5.75 Å². The van der Waals surface area contributed by atoms with Crippen molar-refractivity contribution in [3.05, 3.63) is 29.3 Å². The number of carboxylic acid groups (broad SMARTS) is 1. The minimum Gasteiger partial charge on any atom is -0.496 e. The lowest BCUT2D eigenvalue weighted by molar-refractivity contribution is -0.143. The maximum atomic E-state index is 11.3. The van der Waals surface area contributed by atoms with Crippen molar-refractivity contribution in [2.45, 2.75) is 32.7 Å². The molecule has 0 saturated carbocycles. The summed E-state index contributed by atoms with van der Waals surface area (Å²) in [6.07, 6.45) is 1.45. The van der Waals surface area contributed by atoms with Gasteiger partial charge in [0.1, 0.15) is 5.75 Å². The summed E-state index contributed by atoms with van der Waals surface area (Å²) >= 11 is 0. The maximum Gasteiger partial charge on any atom is 0.308 e. The molecule has 1 rings (SSSR count). The fourth-order valence-corrected chi connectivity index (χ4v) is 2.42. The Kier molecular flexibility index (Phi) is 5.83. The molecule has 19 heavy (non-hydrogen) atoms. The number of aryl methyl sites for hydroxylation is 1. The predicted octanol–water partition coefficient (Wildman–Crippen LogP) is 2.63. The predicted molar refractivity (Wildman–Crippen MR) is 75.6 cm³/mol. The molecule has 4 heteroatoms. The molecule has 2 unspecified atom stereocenters. The fraction of sp³-hybridized carbons (Fsp3) is 0.533. The molecule has 2 N–H and O–H groups in total. The van der Waals surface area contributed by atoms with Crippen LogP contribution in [-0.2, 0) is 11.2 Å². The molecule has 0 aliphatic rings.